The number of rotatable bonds is 2. The number of nitrogens with two attached hydrogens (primary N) is 1. The number of imidazole rings is 1. The molecule has 49 valence electrons. The Morgan fingerprint density at radius 1 is 1.78 bits per heavy atom. The molecule has 1 rings (SSSR count). The lowest BCUT2D eigenvalue weighted by Crippen LogP contribution is -2.14. The second-order valence-corrected chi connectivity index (χ2v) is 1.90. The van der Waals surface area contributed by atoms with Crippen molar-refractivity contribution in [2.24, 2.45) is 5.73 Å². The van der Waals surface area contributed by atoms with Gasteiger partial charge >= 0.3 is 0 Å². The van der Waals surface area contributed by atoms with Crippen molar-refractivity contribution >= 4 is 0 Å². The van der Waals surface area contributed by atoms with Gasteiger partial charge in [0, 0.05) is 25.0 Å². The van der Waals surface area contributed by atoms with Gasteiger partial charge in [-0.2, -0.15) is 0 Å². The highest BCUT2D eigenvalue weighted by molar-refractivity contribution is 4.81. The van der Waals surface area contributed by atoms with Crippen molar-refractivity contribution in [1.82, 2.24) is 9.55 Å². The first-order chi connectivity index (χ1) is 4.34. The van der Waals surface area contributed by atoms with E-state index in [9.17, 15) is 0 Å². The molecular formula is C6H10N3. The summed E-state index contributed by atoms with van der Waals surface area (Å²) in [5.41, 5.74) is 5.35. The van der Waals surface area contributed by atoms with Gasteiger partial charge in [-0.05, 0) is 6.92 Å². The smallest absolute Gasteiger partial charge is 0.0948 e. The number of hydrogen-bond acceptors (Lipinski definition) is 2. The fourth-order valence-corrected chi connectivity index (χ4v) is 0.607. The van der Waals surface area contributed by atoms with Crippen LogP contribution < -0.4 is 5.73 Å². The van der Waals surface area contributed by atoms with Gasteiger partial charge in [0.25, 0.3) is 0 Å². The summed E-state index contributed by atoms with van der Waals surface area (Å²) < 4.78 is 1.88. The monoisotopic (exact) mass is 124 g/mol. The van der Waals surface area contributed by atoms with Crippen LogP contribution in [0.15, 0.2) is 18.7 Å². The first-order valence-electron chi connectivity index (χ1n) is 2.85. The molecule has 0 spiro atoms. The van der Waals surface area contributed by atoms with Crippen LogP contribution in [0.3, 0.4) is 0 Å². The van der Waals surface area contributed by atoms with E-state index in [1.807, 2.05) is 10.8 Å². The first-order valence-corrected chi connectivity index (χ1v) is 2.85. The Labute approximate surface area is 54.5 Å². The summed E-state index contributed by atoms with van der Waals surface area (Å²) in [6.45, 7) is 4.35. The minimum atomic E-state index is 0.118. The average molecular weight is 124 g/mol. The third-order valence-corrected chi connectivity index (χ3v) is 1.22. The minimum absolute atomic E-state index is 0.118. The van der Waals surface area contributed by atoms with Crippen molar-refractivity contribution < 1.29 is 0 Å². The summed E-state index contributed by atoms with van der Waals surface area (Å²) in [6.07, 6.45) is 5.28. The molecule has 0 amide bonds. The molecule has 0 bridgehead atoms. The zero-order valence-corrected chi connectivity index (χ0v) is 5.20. The standard InChI is InChI=1S/C6H10N3/c1-6(4-7)9-3-2-8-5-9/h2-3,5-6H,1,4,7H2. The second kappa shape index (κ2) is 2.64. The zero-order valence-electron chi connectivity index (χ0n) is 5.20. The van der Waals surface area contributed by atoms with Gasteiger partial charge in [0.15, 0.2) is 0 Å². The molecule has 2 N–H and O–H groups in total. The average Bonchev–Trinajstić information content (AvgIpc) is 2.37. The summed E-state index contributed by atoms with van der Waals surface area (Å²) in [4.78, 5) is 3.86. The Kier molecular flexibility index (Phi) is 1.85. The Hall–Kier alpha value is -0.830. The molecule has 3 nitrogen and oxygen atoms in total. The highest BCUT2D eigenvalue weighted by atomic mass is 15.1. The molecule has 1 heterocycles. The third kappa shape index (κ3) is 1.29. The molecule has 1 atom stereocenters. The molecule has 0 aliphatic heterocycles. The molecule has 1 unspecified atom stereocenters. The third-order valence-electron chi connectivity index (χ3n) is 1.22. The lowest BCUT2D eigenvalue weighted by atomic mass is 10.3. The Balaban J connectivity index is 2.65. The molecule has 0 fully saturated rings. The quantitative estimate of drug-likeness (QED) is 0.612. The summed E-state index contributed by atoms with van der Waals surface area (Å²) in [5.74, 6) is 0. The van der Waals surface area contributed by atoms with E-state index in [1.165, 1.54) is 0 Å². The molecule has 3 heteroatoms. The van der Waals surface area contributed by atoms with Crippen LogP contribution >= 0.6 is 0 Å². The molecule has 0 saturated carbocycles. The van der Waals surface area contributed by atoms with Crippen LogP contribution in [0, 0.1) is 6.92 Å². The van der Waals surface area contributed by atoms with Crippen LogP contribution in [-0.2, 0) is 0 Å². The van der Waals surface area contributed by atoms with Gasteiger partial charge in [0.2, 0.25) is 0 Å². The molecule has 0 aliphatic carbocycles. The van der Waals surface area contributed by atoms with Crippen molar-refractivity contribution in [3.05, 3.63) is 25.6 Å². The number of nitrogens with zero attached hydrogens (tertiary/aromatic N) is 2. The van der Waals surface area contributed by atoms with Crippen molar-refractivity contribution in [1.29, 1.82) is 0 Å². The summed E-state index contributed by atoms with van der Waals surface area (Å²) in [7, 11) is 0. The normalized spacial score (nSPS) is 13.6. The van der Waals surface area contributed by atoms with E-state index in [1.54, 1.807) is 12.5 Å². The second-order valence-electron chi connectivity index (χ2n) is 1.90. The van der Waals surface area contributed by atoms with E-state index in [0.29, 0.717) is 6.54 Å². The summed E-state index contributed by atoms with van der Waals surface area (Å²) in [5, 5.41) is 0. The van der Waals surface area contributed by atoms with Crippen molar-refractivity contribution in [3.63, 3.8) is 0 Å². The van der Waals surface area contributed by atoms with Gasteiger partial charge in [0.05, 0.1) is 6.33 Å². The minimum Gasteiger partial charge on any atom is -0.333 e. The van der Waals surface area contributed by atoms with Crippen molar-refractivity contribution in [3.8, 4) is 0 Å². The van der Waals surface area contributed by atoms with Crippen LogP contribution in [-0.4, -0.2) is 16.1 Å². The summed E-state index contributed by atoms with van der Waals surface area (Å²) in [6, 6.07) is 0.118. The van der Waals surface area contributed by atoms with Gasteiger partial charge < -0.3 is 10.3 Å². The van der Waals surface area contributed by atoms with E-state index >= 15 is 0 Å². The molecular weight excluding hydrogens is 114 g/mol. The predicted molar refractivity (Wildman–Crippen MR) is 35.7 cm³/mol. The maximum atomic E-state index is 5.35. The predicted octanol–water partition coefficient (Wildman–Crippen LogP) is 0.217. The molecule has 0 aliphatic rings. The van der Waals surface area contributed by atoms with Crippen LogP contribution in [0.5, 0.6) is 0 Å². The molecule has 1 radical (unpaired) electrons. The molecule has 0 aromatic carbocycles. The fourth-order valence-electron chi connectivity index (χ4n) is 0.607. The lowest BCUT2D eigenvalue weighted by molar-refractivity contribution is 0.610. The molecule has 9 heavy (non-hydrogen) atoms. The van der Waals surface area contributed by atoms with Crippen LogP contribution in [0.2, 0.25) is 0 Å². The SMILES string of the molecule is [CH2]C(CN)n1ccnc1. The number of aromatic nitrogens is 2. The van der Waals surface area contributed by atoms with Gasteiger partial charge in [-0.1, -0.05) is 0 Å². The first kappa shape index (κ1) is 6.29. The van der Waals surface area contributed by atoms with E-state index in [4.69, 9.17) is 5.73 Å². The van der Waals surface area contributed by atoms with Crippen molar-refractivity contribution in [2.45, 2.75) is 6.04 Å². The summed E-state index contributed by atoms with van der Waals surface area (Å²) >= 11 is 0. The maximum absolute atomic E-state index is 5.35. The van der Waals surface area contributed by atoms with Gasteiger partial charge in [-0.25, -0.2) is 4.98 Å². The Morgan fingerprint density at radius 2 is 2.56 bits per heavy atom. The van der Waals surface area contributed by atoms with Crippen LogP contribution in [0.4, 0.5) is 0 Å². The van der Waals surface area contributed by atoms with Crippen LogP contribution in [0.1, 0.15) is 6.04 Å². The van der Waals surface area contributed by atoms with Gasteiger partial charge in [0.1, 0.15) is 0 Å². The van der Waals surface area contributed by atoms with E-state index in [0.717, 1.165) is 0 Å². The Bertz CT molecular complexity index is 157. The molecule has 1 aromatic heterocycles. The largest absolute Gasteiger partial charge is 0.333 e. The topological polar surface area (TPSA) is 43.8 Å². The van der Waals surface area contributed by atoms with Gasteiger partial charge in [-0.15, -0.1) is 0 Å². The lowest BCUT2D eigenvalue weighted by Gasteiger charge is -2.07. The van der Waals surface area contributed by atoms with E-state index in [-0.39, 0.29) is 6.04 Å². The van der Waals surface area contributed by atoms with Crippen LogP contribution in [0.25, 0.3) is 0 Å². The molecule has 1 aromatic rings. The Morgan fingerprint density at radius 3 is 3.00 bits per heavy atom. The van der Waals surface area contributed by atoms with Gasteiger partial charge in [-0.3, -0.25) is 0 Å². The zero-order chi connectivity index (χ0) is 6.69. The number of hydrogen-bond donors (Lipinski definition) is 1. The van der Waals surface area contributed by atoms with Crippen molar-refractivity contribution in [2.75, 3.05) is 6.54 Å². The highest BCUT2D eigenvalue weighted by Crippen LogP contribution is 1.98. The maximum Gasteiger partial charge on any atom is 0.0948 e. The fraction of sp³-hybridized carbons (Fsp3) is 0.333. The highest BCUT2D eigenvalue weighted by Gasteiger charge is 1.97. The van der Waals surface area contributed by atoms with E-state index < -0.39 is 0 Å². The molecule has 0 saturated heterocycles. The van der Waals surface area contributed by atoms with E-state index in [2.05, 4.69) is 11.9 Å².